The summed E-state index contributed by atoms with van der Waals surface area (Å²) in [5.41, 5.74) is 0.859. The van der Waals surface area contributed by atoms with E-state index in [2.05, 4.69) is 10.6 Å². The number of ether oxygens (including phenoxy) is 1. The van der Waals surface area contributed by atoms with Gasteiger partial charge >= 0.3 is 0 Å². The third-order valence-corrected chi connectivity index (χ3v) is 3.46. The van der Waals surface area contributed by atoms with Crippen LogP contribution in [-0.2, 0) is 4.79 Å². The average Bonchev–Trinajstić information content (AvgIpc) is 2.64. The smallest absolute Gasteiger partial charge is 0.258 e. The minimum Gasteiger partial charge on any atom is -0.482 e. The first-order valence-corrected chi connectivity index (χ1v) is 7.90. The van der Waals surface area contributed by atoms with Crippen LogP contribution < -0.4 is 15.4 Å². The molecule has 128 valence electrons. The first-order valence-electron chi connectivity index (χ1n) is 7.52. The second kappa shape index (κ2) is 9.30. The van der Waals surface area contributed by atoms with E-state index in [0.717, 1.165) is 0 Å². The molecule has 0 bridgehead atoms. The summed E-state index contributed by atoms with van der Waals surface area (Å²) in [6.07, 6.45) is 0. The monoisotopic (exact) mass is 357 g/mol. The predicted octanol–water partition coefficient (Wildman–Crippen LogP) is 2.14. The number of hydrogen-bond donors (Lipinski definition) is 2. The van der Waals surface area contributed by atoms with Crippen LogP contribution in [0.3, 0.4) is 0 Å². The van der Waals surface area contributed by atoms with E-state index in [4.69, 9.17) is 21.6 Å². The van der Waals surface area contributed by atoms with Crippen molar-refractivity contribution in [3.8, 4) is 11.8 Å². The summed E-state index contributed by atoms with van der Waals surface area (Å²) in [5.74, 6) is -0.227. The molecule has 2 rings (SSSR count). The molecule has 0 aliphatic heterocycles. The highest BCUT2D eigenvalue weighted by Crippen LogP contribution is 2.16. The molecular formula is C18H16ClN3O3. The molecule has 0 aliphatic carbocycles. The van der Waals surface area contributed by atoms with Gasteiger partial charge in [-0.05, 0) is 36.4 Å². The first kappa shape index (κ1) is 18.3. The third kappa shape index (κ3) is 5.83. The number of nitriles is 1. The number of hydrogen-bond acceptors (Lipinski definition) is 4. The molecule has 0 heterocycles. The van der Waals surface area contributed by atoms with Crippen molar-refractivity contribution in [3.05, 3.63) is 64.7 Å². The van der Waals surface area contributed by atoms with Crippen molar-refractivity contribution in [2.75, 3.05) is 19.7 Å². The van der Waals surface area contributed by atoms with Crippen LogP contribution in [0.2, 0.25) is 5.02 Å². The van der Waals surface area contributed by atoms with Gasteiger partial charge in [0.2, 0.25) is 0 Å². The SMILES string of the molecule is N#Cc1ccccc1OCC(=O)NCCNC(=O)c1ccc(Cl)cc1. The Morgan fingerprint density at radius 1 is 1.04 bits per heavy atom. The number of halogens is 1. The minimum absolute atomic E-state index is 0.205. The highest BCUT2D eigenvalue weighted by atomic mass is 35.5. The molecule has 0 fully saturated rings. The molecule has 0 atom stereocenters. The molecule has 0 unspecified atom stereocenters. The molecule has 2 amide bonds. The van der Waals surface area contributed by atoms with Gasteiger partial charge in [-0.15, -0.1) is 0 Å². The van der Waals surface area contributed by atoms with Crippen LogP contribution in [0, 0.1) is 11.3 Å². The lowest BCUT2D eigenvalue weighted by Gasteiger charge is -2.09. The van der Waals surface area contributed by atoms with E-state index in [1.807, 2.05) is 6.07 Å². The molecule has 2 aromatic rings. The summed E-state index contributed by atoms with van der Waals surface area (Å²) in [6.45, 7) is 0.341. The molecular weight excluding hydrogens is 342 g/mol. The molecule has 0 saturated carbocycles. The molecule has 2 aromatic carbocycles. The van der Waals surface area contributed by atoms with Crippen LogP contribution in [0.5, 0.6) is 5.75 Å². The van der Waals surface area contributed by atoms with E-state index in [-0.39, 0.29) is 31.5 Å². The lowest BCUT2D eigenvalue weighted by Crippen LogP contribution is -2.36. The van der Waals surface area contributed by atoms with Crippen LogP contribution in [-0.4, -0.2) is 31.5 Å². The fourth-order valence-corrected chi connectivity index (χ4v) is 2.09. The number of amides is 2. The molecule has 7 heteroatoms. The number of nitrogens with zero attached hydrogens (tertiary/aromatic N) is 1. The molecule has 0 saturated heterocycles. The van der Waals surface area contributed by atoms with Crippen molar-refractivity contribution in [1.29, 1.82) is 5.26 Å². The van der Waals surface area contributed by atoms with Gasteiger partial charge in [-0.25, -0.2) is 0 Å². The van der Waals surface area contributed by atoms with Crippen LogP contribution in [0.15, 0.2) is 48.5 Å². The maximum absolute atomic E-state index is 11.9. The van der Waals surface area contributed by atoms with Gasteiger partial charge in [-0.3, -0.25) is 9.59 Å². The lowest BCUT2D eigenvalue weighted by atomic mass is 10.2. The molecule has 0 aliphatic rings. The van der Waals surface area contributed by atoms with Gasteiger partial charge in [0.25, 0.3) is 11.8 Å². The van der Waals surface area contributed by atoms with Crippen LogP contribution in [0.25, 0.3) is 0 Å². The summed E-state index contributed by atoms with van der Waals surface area (Å²) in [5, 5.41) is 14.8. The molecule has 2 N–H and O–H groups in total. The van der Waals surface area contributed by atoms with E-state index in [0.29, 0.717) is 21.9 Å². The number of nitrogens with one attached hydrogen (secondary N) is 2. The Morgan fingerprint density at radius 2 is 1.72 bits per heavy atom. The second-order valence-corrected chi connectivity index (χ2v) is 5.45. The number of carbonyl (C=O) groups excluding carboxylic acids is 2. The molecule has 0 aromatic heterocycles. The van der Waals surface area contributed by atoms with E-state index in [1.165, 1.54) is 0 Å². The summed E-state index contributed by atoms with van der Waals surface area (Å²) in [4.78, 5) is 23.6. The van der Waals surface area contributed by atoms with Crippen molar-refractivity contribution in [2.24, 2.45) is 0 Å². The standard InChI is InChI=1S/C18H16ClN3O3/c19-15-7-5-13(6-8-15)18(24)22-10-9-21-17(23)12-25-16-4-2-1-3-14(16)11-20/h1-8H,9-10,12H2,(H,21,23)(H,22,24). The van der Waals surface area contributed by atoms with Gasteiger partial charge in [-0.2, -0.15) is 5.26 Å². The zero-order valence-corrected chi connectivity index (χ0v) is 14.0. The topological polar surface area (TPSA) is 91.2 Å². The highest BCUT2D eigenvalue weighted by molar-refractivity contribution is 6.30. The number of benzene rings is 2. The molecule has 6 nitrogen and oxygen atoms in total. The van der Waals surface area contributed by atoms with Crippen molar-refractivity contribution in [1.82, 2.24) is 10.6 Å². The Kier molecular flexibility index (Phi) is 6.81. The van der Waals surface area contributed by atoms with Crippen molar-refractivity contribution in [3.63, 3.8) is 0 Å². The second-order valence-electron chi connectivity index (χ2n) is 5.01. The minimum atomic E-state index is -0.339. The largest absolute Gasteiger partial charge is 0.482 e. The fourth-order valence-electron chi connectivity index (χ4n) is 1.96. The van der Waals surface area contributed by atoms with E-state index in [1.54, 1.807) is 48.5 Å². The van der Waals surface area contributed by atoms with Gasteiger partial charge in [0.15, 0.2) is 6.61 Å². The molecule has 25 heavy (non-hydrogen) atoms. The number of para-hydroxylation sites is 1. The third-order valence-electron chi connectivity index (χ3n) is 3.21. The Balaban J connectivity index is 1.68. The van der Waals surface area contributed by atoms with Gasteiger partial charge in [0.1, 0.15) is 11.8 Å². The zero-order chi connectivity index (χ0) is 18.1. The quantitative estimate of drug-likeness (QED) is 0.743. The Morgan fingerprint density at radius 3 is 2.44 bits per heavy atom. The van der Waals surface area contributed by atoms with Gasteiger partial charge in [0.05, 0.1) is 5.56 Å². The first-order chi connectivity index (χ1) is 12.1. The summed E-state index contributed by atoms with van der Waals surface area (Å²) in [7, 11) is 0. The molecule has 0 radical (unpaired) electrons. The van der Waals surface area contributed by atoms with Gasteiger partial charge < -0.3 is 15.4 Å². The van der Waals surface area contributed by atoms with E-state index < -0.39 is 0 Å². The lowest BCUT2D eigenvalue weighted by molar-refractivity contribution is -0.123. The maximum atomic E-state index is 11.9. The van der Waals surface area contributed by atoms with Crippen LogP contribution in [0.1, 0.15) is 15.9 Å². The zero-order valence-electron chi connectivity index (χ0n) is 13.3. The van der Waals surface area contributed by atoms with E-state index >= 15 is 0 Å². The number of carbonyl (C=O) groups is 2. The van der Waals surface area contributed by atoms with Crippen molar-refractivity contribution >= 4 is 23.4 Å². The predicted molar refractivity (Wildman–Crippen MR) is 93.4 cm³/mol. The Bertz CT molecular complexity index is 785. The summed E-state index contributed by atoms with van der Waals surface area (Å²) in [6, 6.07) is 15.2. The van der Waals surface area contributed by atoms with Crippen LogP contribution >= 0.6 is 11.6 Å². The average molecular weight is 358 g/mol. The van der Waals surface area contributed by atoms with E-state index in [9.17, 15) is 9.59 Å². The Labute approximate surface area is 150 Å². The summed E-state index contributed by atoms with van der Waals surface area (Å²) >= 11 is 5.76. The fraction of sp³-hybridized carbons (Fsp3) is 0.167. The van der Waals surface area contributed by atoms with Crippen LogP contribution in [0.4, 0.5) is 0 Å². The maximum Gasteiger partial charge on any atom is 0.258 e. The van der Waals surface area contributed by atoms with Crippen molar-refractivity contribution in [2.45, 2.75) is 0 Å². The van der Waals surface area contributed by atoms with Crippen molar-refractivity contribution < 1.29 is 14.3 Å². The Hall–Kier alpha value is -3.04. The number of rotatable bonds is 7. The molecule has 0 spiro atoms. The summed E-state index contributed by atoms with van der Waals surface area (Å²) < 4.78 is 5.31. The normalized spacial score (nSPS) is 9.76. The van der Waals surface area contributed by atoms with Gasteiger partial charge in [0, 0.05) is 23.7 Å². The highest BCUT2D eigenvalue weighted by Gasteiger charge is 2.07. The van der Waals surface area contributed by atoms with Gasteiger partial charge in [-0.1, -0.05) is 23.7 Å².